The van der Waals surface area contributed by atoms with Gasteiger partial charge in [0.2, 0.25) is 0 Å². The highest BCUT2D eigenvalue weighted by Gasteiger charge is 2.07. The predicted octanol–water partition coefficient (Wildman–Crippen LogP) is 4.46. The van der Waals surface area contributed by atoms with Crippen LogP contribution in [-0.4, -0.2) is 9.78 Å². The lowest BCUT2D eigenvalue weighted by molar-refractivity contribution is 0.426. The van der Waals surface area contributed by atoms with Crippen molar-refractivity contribution in [1.82, 2.24) is 9.78 Å². The van der Waals surface area contributed by atoms with Crippen LogP contribution in [0.15, 0.2) is 36.5 Å². The average molecular weight is 369 g/mol. The standard InChI is InChI=1S/C15H20IN3/c1-3-13(4-2)19-10-9-12(18-19)11-17-15-8-6-5-7-14(15)16/h5-10,13,17H,3-4,11H2,1-2H3. The lowest BCUT2D eigenvalue weighted by Crippen LogP contribution is -2.09. The van der Waals surface area contributed by atoms with Crippen LogP contribution in [0.2, 0.25) is 0 Å². The number of halogens is 1. The Balaban J connectivity index is 1.99. The molecule has 0 radical (unpaired) electrons. The van der Waals surface area contributed by atoms with E-state index in [1.165, 1.54) is 9.26 Å². The summed E-state index contributed by atoms with van der Waals surface area (Å²) in [6.45, 7) is 5.19. The zero-order valence-corrected chi connectivity index (χ0v) is 13.6. The Morgan fingerprint density at radius 2 is 1.95 bits per heavy atom. The molecule has 2 rings (SSSR count). The Kier molecular flexibility index (Phi) is 5.24. The summed E-state index contributed by atoms with van der Waals surface area (Å²) in [6, 6.07) is 10.9. The third-order valence-corrected chi connectivity index (χ3v) is 4.25. The fourth-order valence-electron chi connectivity index (χ4n) is 2.13. The van der Waals surface area contributed by atoms with Crippen molar-refractivity contribution in [3.8, 4) is 0 Å². The second-order valence-electron chi connectivity index (χ2n) is 4.59. The highest BCUT2D eigenvalue weighted by Crippen LogP contribution is 2.18. The lowest BCUT2D eigenvalue weighted by Gasteiger charge is -2.12. The molecule has 4 heteroatoms. The van der Waals surface area contributed by atoms with E-state index >= 15 is 0 Å². The maximum atomic E-state index is 4.65. The molecule has 0 unspecified atom stereocenters. The molecule has 0 amide bonds. The molecule has 2 aromatic rings. The van der Waals surface area contributed by atoms with Gasteiger partial charge in [0.25, 0.3) is 0 Å². The zero-order chi connectivity index (χ0) is 13.7. The van der Waals surface area contributed by atoms with Crippen molar-refractivity contribution in [1.29, 1.82) is 0 Å². The third kappa shape index (κ3) is 3.72. The Hall–Kier alpha value is -1.04. The first kappa shape index (κ1) is 14.4. The van der Waals surface area contributed by atoms with Crippen molar-refractivity contribution < 1.29 is 0 Å². The second kappa shape index (κ2) is 6.93. The summed E-state index contributed by atoms with van der Waals surface area (Å²) in [6.07, 6.45) is 4.34. The number of nitrogens with zero attached hydrogens (tertiary/aromatic N) is 2. The van der Waals surface area contributed by atoms with E-state index in [1.54, 1.807) is 0 Å². The minimum atomic E-state index is 0.519. The highest BCUT2D eigenvalue weighted by molar-refractivity contribution is 14.1. The van der Waals surface area contributed by atoms with Crippen LogP contribution in [0.1, 0.15) is 38.4 Å². The fourth-order valence-corrected chi connectivity index (χ4v) is 2.71. The molecule has 1 aromatic carbocycles. The van der Waals surface area contributed by atoms with Crippen molar-refractivity contribution in [2.24, 2.45) is 0 Å². The Morgan fingerprint density at radius 1 is 1.21 bits per heavy atom. The SMILES string of the molecule is CCC(CC)n1ccc(CNc2ccccc2I)n1. The largest absolute Gasteiger partial charge is 0.378 e. The first-order valence-electron chi connectivity index (χ1n) is 6.77. The van der Waals surface area contributed by atoms with Crippen molar-refractivity contribution >= 4 is 28.3 Å². The van der Waals surface area contributed by atoms with Crippen molar-refractivity contribution in [3.63, 3.8) is 0 Å². The molecule has 0 saturated carbocycles. The number of hydrogen-bond donors (Lipinski definition) is 1. The van der Waals surface area contributed by atoms with Crippen molar-refractivity contribution in [3.05, 3.63) is 45.8 Å². The summed E-state index contributed by atoms with van der Waals surface area (Å²) in [5.41, 5.74) is 2.26. The van der Waals surface area contributed by atoms with Crippen LogP contribution in [0, 0.1) is 3.57 Å². The molecule has 1 N–H and O–H groups in total. The smallest absolute Gasteiger partial charge is 0.0815 e. The summed E-state index contributed by atoms with van der Waals surface area (Å²) < 4.78 is 3.33. The monoisotopic (exact) mass is 369 g/mol. The molecule has 0 aliphatic carbocycles. The number of para-hydroxylation sites is 1. The molecule has 0 atom stereocenters. The molecule has 0 saturated heterocycles. The molecule has 3 nitrogen and oxygen atoms in total. The minimum Gasteiger partial charge on any atom is -0.378 e. The fraction of sp³-hybridized carbons (Fsp3) is 0.400. The summed E-state index contributed by atoms with van der Waals surface area (Å²) in [5, 5.41) is 8.08. The molecule has 0 aliphatic rings. The maximum Gasteiger partial charge on any atom is 0.0815 e. The van der Waals surface area contributed by atoms with E-state index < -0.39 is 0 Å². The van der Waals surface area contributed by atoms with Crippen LogP contribution in [0.3, 0.4) is 0 Å². The van der Waals surface area contributed by atoms with Gasteiger partial charge in [0.05, 0.1) is 18.3 Å². The van der Waals surface area contributed by atoms with E-state index in [-0.39, 0.29) is 0 Å². The molecule has 1 heterocycles. The number of hydrogen-bond acceptors (Lipinski definition) is 2. The average Bonchev–Trinajstić information content (AvgIpc) is 2.88. The van der Waals surface area contributed by atoms with E-state index in [0.717, 1.165) is 25.1 Å². The van der Waals surface area contributed by atoms with E-state index in [4.69, 9.17) is 0 Å². The van der Waals surface area contributed by atoms with E-state index in [9.17, 15) is 0 Å². The molecular weight excluding hydrogens is 349 g/mol. The molecular formula is C15H20IN3. The van der Waals surface area contributed by atoms with Crippen LogP contribution in [-0.2, 0) is 6.54 Å². The summed E-state index contributed by atoms with van der Waals surface area (Å²) in [5.74, 6) is 0. The number of rotatable bonds is 6. The second-order valence-corrected chi connectivity index (χ2v) is 5.75. The minimum absolute atomic E-state index is 0.519. The summed E-state index contributed by atoms with van der Waals surface area (Å²) in [7, 11) is 0. The van der Waals surface area contributed by atoms with Gasteiger partial charge in [0, 0.05) is 15.5 Å². The Labute approximate surface area is 128 Å². The Morgan fingerprint density at radius 3 is 2.63 bits per heavy atom. The third-order valence-electron chi connectivity index (χ3n) is 3.31. The molecule has 19 heavy (non-hydrogen) atoms. The molecule has 0 spiro atoms. The van der Waals surface area contributed by atoms with E-state index in [2.05, 4.69) is 82.0 Å². The number of aromatic nitrogens is 2. The van der Waals surface area contributed by atoms with Gasteiger partial charge >= 0.3 is 0 Å². The van der Waals surface area contributed by atoms with Gasteiger partial charge in [-0.25, -0.2) is 0 Å². The number of benzene rings is 1. The van der Waals surface area contributed by atoms with Crippen LogP contribution < -0.4 is 5.32 Å². The van der Waals surface area contributed by atoms with Gasteiger partial charge in [-0.3, -0.25) is 4.68 Å². The predicted molar refractivity (Wildman–Crippen MR) is 88.3 cm³/mol. The number of anilines is 1. The molecule has 1 aromatic heterocycles. The van der Waals surface area contributed by atoms with E-state index in [1.807, 2.05) is 6.07 Å². The Bertz CT molecular complexity index is 518. The van der Waals surface area contributed by atoms with Gasteiger partial charge in [-0.15, -0.1) is 0 Å². The summed E-state index contributed by atoms with van der Waals surface area (Å²) >= 11 is 2.34. The first-order valence-corrected chi connectivity index (χ1v) is 7.84. The van der Waals surface area contributed by atoms with Gasteiger partial charge in [0.1, 0.15) is 0 Å². The van der Waals surface area contributed by atoms with Gasteiger partial charge in [0.15, 0.2) is 0 Å². The highest BCUT2D eigenvalue weighted by atomic mass is 127. The molecule has 0 fully saturated rings. The van der Waals surface area contributed by atoms with Crippen LogP contribution >= 0.6 is 22.6 Å². The quantitative estimate of drug-likeness (QED) is 0.762. The van der Waals surface area contributed by atoms with Gasteiger partial charge in [-0.05, 0) is 53.6 Å². The van der Waals surface area contributed by atoms with Crippen molar-refractivity contribution in [2.75, 3.05) is 5.32 Å². The first-order chi connectivity index (χ1) is 9.24. The maximum absolute atomic E-state index is 4.65. The lowest BCUT2D eigenvalue weighted by atomic mass is 10.2. The van der Waals surface area contributed by atoms with Gasteiger partial charge in [-0.1, -0.05) is 26.0 Å². The number of nitrogens with one attached hydrogen (secondary N) is 1. The molecule has 102 valence electrons. The van der Waals surface area contributed by atoms with Gasteiger partial charge in [-0.2, -0.15) is 5.10 Å². The summed E-state index contributed by atoms with van der Waals surface area (Å²) in [4.78, 5) is 0. The van der Waals surface area contributed by atoms with E-state index in [0.29, 0.717) is 6.04 Å². The molecule has 0 bridgehead atoms. The molecule has 0 aliphatic heterocycles. The van der Waals surface area contributed by atoms with Crippen LogP contribution in [0.4, 0.5) is 5.69 Å². The topological polar surface area (TPSA) is 29.9 Å². The van der Waals surface area contributed by atoms with Crippen LogP contribution in [0.5, 0.6) is 0 Å². The normalized spacial score (nSPS) is 10.9. The van der Waals surface area contributed by atoms with Gasteiger partial charge < -0.3 is 5.32 Å². The zero-order valence-electron chi connectivity index (χ0n) is 11.4. The van der Waals surface area contributed by atoms with Crippen LogP contribution in [0.25, 0.3) is 0 Å². The van der Waals surface area contributed by atoms with Crippen molar-refractivity contribution in [2.45, 2.75) is 39.3 Å².